The summed E-state index contributed by atoms with van der Waals surface area (Å²) in [6.07, 6.45) is 0. The molecule has 0 aliphatic carbocycles. The molecule has 7 nitrogen and oxygen atoms in total. The fraction of sp³-hybridized carbons (Fsp3) is 0.200. The second-order valence-corrected chi connectivity index (χ2v) is 7.41. The summed E-state index contributed by atoms with van der Waals surface area (Å²) >= 11 is 7.05. The number of halogens is 2. The molecule has 0 aliphatic heterocycles. The lowest BCUT2D eigenvalue weighted by molar-refractivity contribution is -0.141. The van der Waals surface area contributed by atoms with Crippen molar-refractivity contribution in [3.05, 3.63) is 63.2 Å². The van der Waals surface area contributed by atoms with Gasteiger partial charge in [-0.15, -0.1) is 0 Å². The summed E-state index contributed by atoms with van der Waals surface area (Å²) in [6, 6.07) is 8.15. The first-order valence-corrected chi connectivity index (χ1v) is 9.95. The van der Waals surface area contributed by atoms with Gasteiger partial charge in [0.05, 0.1) is 40.1 Å². The molecule has 1 heterocycles. The molecule has 0 bridgehead atoms. The molecule has 0 saturated heterocycles. The number of amides is 1. The molecule has 0 atom stereocenters. The number of fused-ring (bicyclic) bond motifs is 1. The van der Waals surface area contributed by atoms with Crippen LogP contribution in [0.25, 0.3) is 10.2 Å². The molecular formula is C20H16ClFN2O5S. The molecule has 0 saturated carbocycles. The molecule has 0 N–H and O–H groups in total. The smallest absolute Gasteiger partial charge is 0.338 e. The summed E-state index contributed by atoms with van der Waals surface area (Å²) < 4.78 is 25.1. The maximum absolute atomic E-state index is 13.3. The predicted octanol–water partition coefficient (Wildman–Crippen LogP) is 3.59. The molecule has 1 amide bonds. The van der Waals surface area contributed by atoms with E-state index >= 15 is 0 Å². The number of ether oxygens (including phenoxy) is 2. The number of methoxy groups -OCH3 is 1. The van der Waals surface area contributed by atoms with Crippen LogP contribution in [0.3, 0.4) is 0 Å². The van der Waals surface area contributed by atoms with Crippen molar-refractivity contribution in [2.24, 2.45) is 4.99 Å². The van der Waals surface area contributed by atoms with Crippen molar-refractivity contribution in [2.75, 3.05) is 13.7 Å². The van der Waals surface area contributed by atoms with Crippen LogP contribution in [-0.2, 0) is 20.8 Å². The van der Waals surface area contributed by atoms with E-state index in [-0.39, 0.29) is 28.5 Å². The van der Waals surface area contributed by atoms with Gasteiger partial charge in [0.2, 0.25) is 0 Å². The van der Waals surface area contributed by atoms with Crippen molar-refractivity contribution in [1.82, 2.24) is 4.57 Å². The lowest BCUT2D eigenvalue weighted by Gasteiger charge is -2.05. The quantitative estimate of drug-likeness (QED) is 0.554. The Kier molecular flexibility index (Phi) is 6.63. The third kappa shape index (κ3) is 4.58. The highest BCUT2D eigenvalue weighted by Crippen LogP contribution is 2.21. The summed E-state index contributed by atoms with van der Waals surface area (Å²) in [7, 11) is 1.25. The van der Waals surface area contributed by atoms with Gasteiger partial charge in [0, 0.05) is 0 Å². The average Bonchev–Trinajstić information content (AvgIpc) is 3.04. The van der Waals surface area contributed by atoms with E-state index in [9.17, 15) is 18.8 Å². The van der Waals surface area contributed by atoms with Crippen molar-refractivity contribution < 1.29 is 28.2 Å². The number of aromatic nitrogens is 1. The average molecular weight is 451 g/mol. The number of thiazole rings is 1. The van der Waals surface area contributed by atoms with Gasteiger partial charge in [0.1, 0.15) is 12.4 Å². The Balaban J connectivity index is 2.14. The van der Waals surface area contributed by atoms with Crippen LogP contribution < -0.4 is 4.80 Å². The van der Waals surface area contributed by atoms with Gasteiger partial charge in [-0.05, 0) is 43.3 Å². The minimum atomic E-state index is -0.698. The topological polar surface area (TPSA) is 87.0 Å². The Hall–Kier alpha value is -3.04. The minimum Gasteiger partial charge on any atom is -0.468 e. The number of nitrogens with zero attached hydrogens (tertiary/aromatic N) is 2. The Morgan fingerprint density at radius 2 is 1.97 bits per heavy atom. The van der Waals surface area contributed by atoms with Gasteiger partial charge in [-0.1, -0.05) is 22.9 Å². The Labute approximate surface area is 179 Å². The van der Waals surface area contributed by atoms with Crippen LogP contribution in [0, 0.1) is 5.82 Å². The van der Waals surface area contributed by atoms with Crippen molar-refractivity contribution >= 4 is 51.0 Å². The number of esters is 2. The Bertz CT molecular complexity index is 1220. The van der Waals surface area contributed by atoms with Crippen LogP contribution >= 0.6 is 22.9 Å². The molecule has 0 spiro atoms. The van der Waals surface area contributed by atoms with Gasteiger partial charge in [0.15, 0.2) is 4.80 Å². The van der Waals surface area contributed by atoms with Crippen LogP contribution in [0.15, 0.2) is 41.4 Å². The fourth-order valence-electron chi connectivity index (χ4n) is 2.66. The molecule has 3 aromatic rings. The third-order valence-corrected chi connectivity index (χ3v) is 5.42. The minimum absolute atomic E-state index is 0.0207. The first-order chi connectivity index (χ1) is 14.3. The Morgan fingerprint density at radius 1 is 1.20 bits per heavy atom. The predicted molar refractivity (Wildman–Crippen MR) is 109 cm³/mol. The van der Waals surface area contributed by atoms with E-state index in [0.29, 0.717) is 15.8 Å². The monoisotopic (exact) mass is 450 g/mol. The zero-order valence-corrected chi connectivity index (χ0v) is 17.6. The second-order valence-electron chi connectivity index (χ2n) is 5.99. The Morgan fingerprint density at radius 3 is 2.63 bits per heavy atom. The van der Waals surface area contributed by atoms with Crippen molar-refractivity contribution in [1.29, 1.82) is 0 Å². The van der Waals surface area contributed by atoms with Crippen LogP contribution in [0.4, 0.5) is 4.39 Å². The first-order valence-electron chi connectivity index (χ1n) is 8.75. The van der Waals surface area contributed by atoms with E-state index in [4.69, 9.17) is 21.1 Å². The number of benzene rings is 2. The highest BCUT2D eigenvalue weighted by atomic mass is 35.5. The van der Waals surface area contributed by atoms with Gasteiger partial charge in [-0.3, -0.25) is 9.59 Å². The number of carbonyl (C=O) groups excluding carboxylic acids is 3. The molecule has 0 fully saturated rings. The van der Waals surface area contributed by atoms with E-state index in [2.05, 4.69) is 4.99 Å². The largest absolute Gasteiger partial charge is 0.468 e. The van der Waals surface area contributed by atoms with Gasteiger partial charge in [0.25, 0.3) is 5.91 Å². The number of hydrogen-bond acceptors (Lipinski definition) is 6. The van der Waals surface area contributed by atoms with Gasteiger partial charge in [-0.25, -0.2) is 9.18 Å². The third-order valence-electron chi connectivity index (χ3n) is 4.07. The molecule has 30 heavy (non-hydrogen) atoms. The van der Waals surface area contributed by atoms with Crippen molar-refractivity contribution in [3.63, 3.8) is 0 Å². The SMILES string of the molecule is CCOC(=O)c1ccc2c(c1)sc(=NC(=O)c1ccc(F)cc1Cl)n2CC(=O)OC. The van der Waals surface area contributed by atoms with Crippen LogP contribution in [0.5, 0.6) is 0 Å². The van der Waals surface area contributed by atoms with E-state index in [1.54, 1.807) is 25.1 Å². The number of rotatable bonds is 5. The van der Waals surface area contributed by atoms with Crippen molar-refractivity contribution in [2.45, 2.75) is 13.5 Å². The fourth-order valence-corrected chi connectivity index (χ4v) is 3.97. The van der Waals surface area contributed by atoms with E-state index in [1.165, 1.54) is 17.7 Å². The summed E-state index contributed by atoms with van der Waals surface area (Å²) in [6.45, 7) is 1.74. The summed E-state index contributed by atoms with van der Waals surface area (Å²) in [5.41, 5.74) is 0.929. The van der Waals surface area contributed by atoms with Gasteiger partial charge >= 0.3 is 11.9 Å². The zero-order chi connectivity index (χ0) is 21.8. The summed E-state index contributed by atoms with van der Waals surface area (Å²) in [5, 5.41) is -0.0750. The lowest BCUT2D eigenvalue weighted by Crippen LogP contribution is -2.22. The number of hydrogen-bond donors (Lipinski definition) is 0. The molecule has 2 aromatic carbocycles. The second kappa shape index (κ2) is 9.19. The molecule has 1 aromatic heterocycles. The van der Waals surface area contributed by atoms with E-state index in [1.807, 2.05) is 0 Å². The maximum Gasteiger partial charge on any atom is 0.338 e. The summed E-state index contributed by atoms with van der Waals surface area (Å²) in [5.74, 6) is -2.31. The molecule has 10 heteroatoms. The highest BCUT2D eigenvalue weighted by molar-refractivity contribution is 7.16. The first kappa shape index (κ1) is 21.7. The zero-order valence-electron chi connectivity index (χ0n) is 16.0. The standard InChI is InChI=1S/C20H16ClFN2O5S/c1-3-29-19(27)11-4-7-15-16(8-11)30-20(24(15)10-17(25)28-2)23-18(26)13-6-5-12(22)9-14(13)21/h4-9H,3,10H2,1-2H3. The molecule has 0 unspecified atom stereocenters. The molecule has 0 radical (unpaired) electrons. The normalized spacial score (nSPS) is 11.5. The van der Waals surface area contributed by atoms with Crippen LogP contribution in [-0.4, -0.2) is 36.1 Å². The molecular weight excluding hydrogens is 435 g/mol. The van der Waals surface area contributed by atoms with Gasteiger partial charge in [-0.2, -0.15) is 4.99 Å². The summed E-state index contributed by atoms with van der Waals surface area (Å²) in [4.78, 5) is 40.8. The number of carbonyl (C=O) groups is 3. The molecule has 3 rings (SSSR count). The highest BCUT2D eigenvalue weighted by Gasteiger charge is 2.16. The van der Waals surface area contributed by atoms with Crippen LogP contribution in [0.1, 0.15) is 27.6 Å². The van der Waals surface area contributed by atoms with Gasteiger partial charge < -0.3 is 14.0 Å². The lowest BCUT2D eigenvalue weighted by atomic mass is 10.2. The van der Waals surface area contributed by atoms with E-state index in [0.717, 1.165) is 23.5 Å². The maximum atomic E-state index is 13.3. The molecule has 156 valence electrons. The molecule has 0 aliphatic rings. The van der Waals surface area contributed by atoms with E-state index < -0.39 is 23.7 Å². The van der Waals surface area contributed by atoms with Crippen molar-refractivity contribution in [3.8, 4) is 0 Å². The van der Waals surface area contributed by atoms with Crippen LogP contribution in [0.2, 0.25) is 5.02 Å².